The van der Waals surface area contributed by atoms with E-state index in [2.05, 4.69) is 17.1 Å². The second-order valence-corrected chi connectivity index (χ2v) is 3.82. The maximum Gasteiger partial charge on any atom is 0.225 e. The summed E-state index contributed by atoms with van der Waals surface area (Å²) in [6, 6.07) is 7.15. The third-order valence-electron chi connectivity index (χ3n) is 2.45. The molecule has 16 heavy (non-hydrogen) atoms. The number of carbonyl (C=O) groups excluding carboxylic acids is 1. The highest BCUT2D eigenvalue weighted by Crippen LogP contribution is 2.10. The number of hydrogen-bond donors (Lipinski definition) is 2. The van der Waals surface area contributed by atoms with Gasteiger partial charge in [0.2, 0.25) is 5.91 Å². The maximum absolute atomic E-state index is 11.5. The van der Waals surface area contributed by atoms with Crippen molar-refractivity contribution in [2.75, 3.05) is 31.2 Å². The van der Waals surface area contributed by atoms with Gasteiger partial charge in [-0.1, -0.05) is 6.92 Å². The molecule has 0 aromatic heterocycles. The molecular formula is C12H19N3O. The van der Waals surface area contributed by atoms with Crippen LogP contribution in [0.25, 0.3) is 0 Å². The van der Waals surface area contributed by atoms with Crippen molar-refractivity contribution in [2.24, 2.45) is 0 Å². The van der Waals surface area contributed by atoms with Crippen molar-refractivity contribution in [1.82, 2.24) is 4.90 Å². The summed E-state index contributed by atoms with van der Waals surface area (Å²) in [6.45, 7) is 3.80. The van der Waals surface area contributed by atoms with E-state index in [1.807, 2.05) is 7.05 Å². The zero-order valence-electron chi connectivity index (χ0n) is 9.86. The number of hydrogen-bond acceptors (Lipinski definition) is 3. The van der Waals surface area contributed by atoms with E-state index in [1.165, 1.54) is 0 Å². The third kappa shape index (κ3) is 4.31. The Labute approximate surface area is 96.4 Å². The number of nitrogen functional groups attached to an aromatic ring is 1. The van der Waals surface area contributed by atoms with Crippen molar-refractivity contribution >= 4 is 17.3 Å². The van der Waals surface area contributed by atoms with Crippen LogP contribution in [0.1, 0.15) is 13.3 Å². The van der Waals surface area contributed by atoms with Crippen molar-refractivity contribution in [3.63, 3.8) is 0 Å². The van der Waals surface area contributed by atoms with E-state index in [0.717, 1.165) is 18.8 Å². The molecule has 0 fully saturated rings. The van der Waals surface area contributed by atoms with E-state index in [9.17, 15) is 4.79 Å². The van der Waals surface area contributed by atoms with Crippen LogP contribution in [0.2, 0.25) is 0 Å². The van der Waals surface area contributed by atoms with Crippen molar-refractivity contribution in [3.05, 3.63) is 24.3 Å². The first kappa shape index (κ1) is 12.5. The molecule has 0 bridgehead atoms. The lowest BCUT2D eigenvalue weighted by atomic mass is 10.2. The van der Waals surface area contributed by atoms with E-state index >= 15 is 0 Å². The topological polar surface area (TPSA) is 58.4 Å². The lowest BCUT2D eigenvalue weighted by Crippen LogP contribution is -2.23. The molecule has 0 heterocycles. The molecular weight excluding hydrogens is 202 g/mol. The van der Waals surface area contributed by atoms with Crippen LogP contribution < -0.4 is 11.1 Å². The van der Waals surface area contributed by atoms with Crippen LogP contribution in [0.15, 0.2) is 24.3 Å². The second-order valence-electron chi connectivity index (χ2n) is 3.82. The summed E-state index contributed by atoms with van der Waals surface area (Å²) in [6.07, 6.45) is 0.509. The predicted octanol–water partition coefficient (Wildman–Crippen LogP) is 1.55. The highest BCUT2D eigenvalue weighted by Gasteiger charge is 2.03. The minimum atomic E-state index is 0.0325. The number of nitrogens with one attached hydrogen (secondary N) is 1. The van der Waals surface area contributed by atoms with Gasteiger partial charge in [-0.2, -0.15) is 0 Å². The molecule has 0 aliphatic heterocycles. The standard InChI is InChI=1S/C12H19N3O/c1-3-15(2)9-8-12(16)14-11-6-4-10(13)5-7-11/h4-7H,3,8-9,13H2,1-2H3,(H,14,16). The molecule has 0 saturated carbocycles. The molecule has 4 nitrogen and oxygen atoms in total. The first-order valence-corrected chi connectivity index (χ1v) is 5.45. The Morgan fingerprint density at radius 3 is 2.56 bits per heavy atom. The molecule has 1 amide bonds. The normalized spacial score (nSPS) is 10.4. The molecule has 0 radical (unpaired) electrons. The van der Waals surface area contributed by atoms with Crippen LogP contribution in [-0.2, 0) is 4.79 Å². The van der Waals surface area contributed by atoms with Crippen molar-refractivity contribution in [3.8, 4) is 0 Å². The molecule has 0 saturated heterocycles. The largest absolute Gasteiger partial charge is 0.399 e. The number of benzene rings is 1. The van der Waals surface area contributed by atoms with Gasteiger partial charge in [0.15, 0.2) is 0 Å². The quantitative estimate of drug-likeness (QED) is 0.742. The van der Waals surface area contributed by atoms with Crippen LogP contribution in [0.5, 0.6) is 0 Å². The predicted molar refractivity (Wildman–Crippen MR) is 67.3 cm³/mol. The number of rotatable bonds is 5. The number of anilines is 2. The van der Waals surface area contributed by atoms with Crippen LogP contribution in [0, 0.1) is 0 Å². The summed E-state index contributed by atoms with van der Waals surface area (Å²) in [5.41, 5.74) is 7.04. The fraction of sp³-hybridized carbons (Fsp3) is 0.417. The number of carbonyl (C=O) groups is 1. The van der Waals surface area contributed by atoms with Crippen LogP contribution >= 0.6 is 0 Å². The van der Waals surface area contributed by atoms with E-state index in [0.29, 0.717) is 12.1 Å². The van der Waals surface area contributed by atoms with Crippen molar-refractivity contribution in [2.45, 2.75) is 13.3 Å². The summed E-state index contributed by atoms with van der Waals surface area (Å²) in [5, 5.41) is 2.83. The van der Waals surface area contributed by atoms with Gasteiger partial charge in [0.25, 0.3) is 0 Å². The number of amides is 1. The van der Waals surface area contributed by atoms with Crippen LogP contribution in [0.4, 0.5) is 11.4 Å². The molecule has 3 N–H and O–H groups in total. The molecule has 0 atom stereocenters. The fourth-order valence-corrected chi connectivity index (χ4v) is 1.24. The average Bonchev–Trinajstić information content (AvgIpc) is 2.29. The lowest BCUT2D eigenvalue weighted by molar-refractivity contribution is -0.116. The van der Waals surface area contributed by atoms with Crippen molar-refractivity contribution < 1.29 is 4.79 Å². The first-order valence-electron chi connectivity index (χ1n) is 5.45. The van der Waals surface area contributed by atoms with Gasteiger partial charge in [-0.05, 0) is 37.9 Å². The van der Waals surface area contributed by atoms with Crippen molar-refractivity contribution in [1.29, 1.82) is 0 Å². The molecule has 0 aliphatic rings. The van der Waals surface area contributed by atoms with E-state index in [-0.39, 0.29) is 5.91 Å². The Morgan fingerprint density at radius 2 is 2.00 bits per heavy atom. The SMILES string of the molecule is CCN(C)CCC(=O)Nc1ccc(N)cc1. The smallest absolute Gasteiger partial charge is 0.225 e. The van der Waals surface area contributed by atoms with Gasteiger partial charge in [-0.25, -0.2) is 0 Å². The van der Waals surface area contributed by atoms with Gasteiger partial charge in [0.05, 0.1) is 0 Å². The number of nitrogens with two attached hydrogens (primary N) is 1. The molecule has 4 heteroatoms. The lowest BCUT2D eigenvalue weighted by Gasteiger charge is -2.13. The van der Waals surface area contributed by atoms with E-state index < -0.39 is 0 Å². The second kappa shape index (κ2) is 6.12. The molecule has 88 valence electrons. The average molecular weight is 221 g/mol. The van der Waals surface area contributed by atoms with Gasteiger partial charge in [-0.3, -0.25) is 4.79 Å². The third-order valence-corrected chi connectivity index (χ3v) is 2.45. The summed E-state index contributed by atoms with van der Waals surface area (Å²) < 4.78 is 0. The van der Waals surface area contributed by atoms with Gasteiger partial charge in [0, 0.05) is 24.3 Å². The molecule has 0 unspecified atom stereocenters. The Bertz CT molecular complexity index is 335. The summed E-state index contributed by atoms with van der Waals surface area (Å²) >= 11 is 0. The van der Waals surface area contributed by atoms with E-state index in [1.54, 1.807) is 24.3 Å². The van der Waals surface area contributed by atoms with Crippen LogP contribution in [0.3, 0.4) is 0 Å². The molecule has 1 aromatic rings. The Hall–Kier alpha value is -1.55. The summed E-state index contributed by atoms with van der Waals surface area (Å²) in [5.74, 6) is 0.0325. The van der Waals surface area contributed by atoms with Gasteiger partial charge in [-0.15, -0.1) is 0 Å². The van der Waals surface area contributed by atoms with Crippen LogP contribution in [-0.4, -0.2) is 30.9 Å². The highest BCUT2D eigenvalue weighted by molar-refractivity contribution is 5.90. The summed E-state index contributed by atoms with van der Waals surface area (Å²) in [7, 11) is 2.00. The maximum atomic E-state index is 11.5. The monoisotopic (exact) mass is 221 g/mol. The fourth-order valence-electron chi connectivity index (χ4n) is 1.24. The Morgan fingerprint density at radius 1 is 1.38 bits per heavy atom. The minimum Gasteiger partial charge on any atom is -0.399 e. The van der Waals surface area contributed by atoms with Gasteiger partial charge in [0.1, 0.15) is 0 Å². The van der Waals surface area contributed by atoms with Gasteiger partial charge < -0.3 is 16.0 Å². The molecule has 1 aromatic carbocycles. The van der Waals surface area contributed by atoms with E-state index in [4.69, 9.17) is 5.73 Å². The first-order chi connectivity index (χ1) is 7.61. The molecule has 0 spiro atoms. The zero-order chi connectivity index (χ0) is 12.0. The molecule has 0 aliphatic carbocycles. The minimum absolute atomic E-state index is 0.0325. The summed E-state index contributed by atoms with van der Waals surface area (Å²) in [4.78, 5) is 13.6. The number of nitrogens with zero attached hydrogens (tertiary/aromatic N) is 1. The highest BCUT2D eigenvalue weighted by atomic mass is 16.1. The Kier molecular flexibility index (Phi) is 4.79. The molecule has 1 rings (SSSR count). The zero-order valence-corrected chi connectivity index (χ0v) is 9.86. The van der Waals surface area contributed by atoms with Gasteiger partial charge >= 0.3 is 0 Å². The Balaban J connectivity index is 2.37.